The Morgan fingerprint density at radius 1 is 1.18 bits per heavy atom. The molecule has 0 aliphatic carbocycles. The van der Waals surface area contributed by atoms with E-state index in [0.717, 1.165) is 11.3 Å². The Morgan fingerprint density at radius 3 is 2.39 bits per heavy atom. The lowest BCUT2D eigenvalue weighted by Crippen LogP contribution is -2.21. The van der Waals surface area contributed by atoms with Crippen LogP contribution in [0.1, 0.15) is 32.5 Å². The summed E-state index contributed by atoms with van der Waals surface area (Å²) < 4.78 is 23.3. The van der Waals surface area contributed by atoms with Crippen molar-refractivity contribution in [3.8, 4) is 5.75 Å². The normalized spacial score (nSPS) is 10.3. The number of carbonyl (C=O) groups excluding carboxylic acids is 3. The third kappa shape index (κ3) is 5.07. The molecule has 2 rings (SSSR count). The van der Waals surface area contributed by atoms with Crippen LogP contribution in [0.5, 0.6) is 5.75 Å². The second kappa shape index (κ2) is 9.32. The average Bonchev–Trinajstić information content (AvgIpc) is 2.96. The predicted octanol–water partition coefficient (Wildman–Crippen LogP) is 3.09. The molecule has 0 atom stereocenters. The minimum atomic E-state index is -0.621. The Labute approximate surface area is 166 Å². The van der Waals surface area contributed by atoms with Gasteiger partial charge in [0.15, 0.2) is 6.61 Å². The molecule has 0 fully saturated rings. The molecular formula is C19H21FN2O5S. The third-order valence-corrected chi connectivity index (χ3v) is 4.86. The smallest absolute Gasteiger partial charge is 0.341 e. The van der Waals surface area contributed by atoms with Gasteiger partial charge in [-0.25, -0.2) is 9.18 Å². The SMILES string of the molecule is CCOC(=O)c1c(NC(=O)COc2ccc(F)cc2)sc(C(=O)N(C)C)c1C. The van der Waals surface area contributed by atoms with Crippen molar-refractivity contribution in [2.45, 2.75) is 13.8 Å². The number of amides is 2. The molecule has 0 unspecified atom stereocenters. The van der Waals surface area contributed by atoms with Crippen LogP contribution < -0.4 is 10.1 Å². The summed E-state index contributed by atoms with van der Waals surface area (Å²) >= 11 is 1.000. The second-order valence-electron chi connectivity index (χ2n) is 5.97. The molecule has 0 aliphatic heterocycles. The number of rotatable bonds is 7. The van der Waals surface area contributed by atoms with Gasteiger partial charge in [0.05, 0.1) is 17.0 Å². The summed E-state index contributed by atoms with van der Waals surface area (Å²) in [7, 11) is 3.20. The highest BCUT2D eigenvalue weighted by Gasteiger charge is 2.27. The lowest BCUT2D eigenvalue weighted by atomic mass is 10.1. The highest BCUT2D eigenvalue weighted by Crippen LogP contribution is 2.34. The topological polar surface area (TPSA) is 84.9 Å². The predicted molar refractivity (Wildman–Crippen MR) is 104 cm³/mol. The van der Waals surface area contributed by atoms with E-state index in [1.807, 2.05) is 0 Å². The summed E-state index contributed by atoms with van der Waals surface area (Å²) in [4.78, 5) is 38.7. The van der Waals surface area contributed by atoms with Crippen molar-refractivity contribution in [3.05, 3.63) is 46.1 Å². The van der Waals surface area contributed by atoms with Gasteiger partial charge < -0.3 is 19.7 Å². The Kier molecular flexibility index (Phi) is 7.11. The van der Waals surface area contributed by atoms with E-state index in [1.54, 1.807) is 27.9 Å². The molecule has 0 bridgehead atoms. The molecule has 28 heavy (non-hydrogen) atoms. The Hall–Kier alpha value is -2.94. The summed E-state index contributed by atoms with van der Waals surface area (Å²) in [5, 5.41) is 2.81. The number of esters is 1. The molecule has 0 spiro atoms. The van der Waals surface area contributed by atoms with E-state index in [4.69, 9.17) is 9.47 Å². The molecule has 0 saturated heterocycles. The van der Waals surface area contributed by atoms with Gasteiger partial charge >= 0.3 is 5.97 Å². The maximum atomic E-state index is 12.9. The fraction of sp³-hybridized carbons (Fsp3) is 0.316. The quantitative estimate of drug-likeness (QED) is 0.712. The highest BCUT2D eigenvalue weighted by atomic mass is 32.1. The van der Waals surface area contributed by atoms with Gasteiger partial charge in [-0.1, -0.05) is 0 Å². The van der Waals surface area contributed by atoms with E-state index < -0.39 is 17.7 Å². The molecule has 150 valence electrons. The fourth-order valence-corrected chi connectivity index (χ4v) is 3.53. The number of anilines is 1. The van der Waals surface area contributed by atoms with Gasteiger partial charge in [0, 0.05) is 14.1 Å². The van der Waals surface area contributed by atoms with Crippen LogP contribution in [-0.2, 0) is 9.53 Å². The molecule has 9 heteroatoms. The number of nitrogens with one attached hydrogen (secondary N) is 1. The number of ether oxygens (including phenoxy) is 2. The first-order valence-corrected chi connectivity index (χ1v) is 9.26. The lowest BCUT2D eigenvalue weighted by molar-refractivity contribution is -0.118. The van der Waals surface area contributed by atoms with E-state index in [1.165, 1.54) is 29.2 Å². The maximum Gasteiger partial charge on any atom is 0.341 e. The van der Waals surface area contributed by atoms with Gasteiger partial charge in [0.2, 0.25) is 0 Å². The van der Waals surface area contributed by atoms with Crippen molar-refractivity contribution in [1.82, 2.24) is 4.90 Å². The van der Waals surface area contributed by atoms with E-state index in [-0.39, 0.29) is 29.7 Å². The maximum absolute atomic E-state index is 12.9. The second-order valence-corrected chi connectivity index (χ2v) is 6.99. The first kappa shape index (κ1) is 21.4. The molecule has 0 aliphatic rings. The van der Waals surface area contributed by atoms with Crippen LogP contribution in [0.15, 0.2) is 24.3 Å². The van der Waals surface area contributed by atoms with Crippen molar-refractivity contribution in [2.24, 2.45) is 0 Å². The van der Waals surface area contributed by atoms with Crippen LogP contribution in [0.2, 0.25) is 0 Å². The number of hydrogen-bond acceptors (Lipinski definition) is 6. The van der Waals surface area contributed by atoms with Crippen LogP contribution in [0.25, 0.3) is 0 Å². The average molecular weight is 408 g/mol. The van der Waals surface area contributed by atoms with E-state index >= 15 is 0 Å². The molecule has 7 nitrogen and oxygen atoms in total. The van der Waals surface area contributed by atoms with E-state index in [2.05, 4.69) is 5.32 Å². The molecular weight excluding hydrogens is 387 g/mol. The molecule has 1 heterocycles. The van der Waals surface area contributed by atoms with Crippen LogP contribution in [-0.4, -0.2) is 50.0 Å². The number of halogens is 1. The van der Waals surface area contributed by atoms with Gasteiger partial charge in [-0.15, -0.1) is 11.3 Å². The van der Waals surface area contributed by atoms with Crippen molar-refractivity contribution in [3.63, 3.8) is 0 Å². The monoisotopic (exact) mass is 408 g/mol. The number of thiophene rings is 1. The Balaban J connectivity index is 2.21. The minimum absolute atomic E-state index is 0.146. The molecule has 1 aromatic heterocycles. The summed E-state index contributed by atoms with van der Waals surface area (Å²) in [6.45, 7) is 3.11. The molecule has 2 aromatic rings. The molecule has 0 radical (unpaired) electrons. The molecule has 1 N–H and O–H groups in total. The zero-order chi connectivity index (χ0) is 20.8. The van der Waals surface area contributed by atoms with E-state index in [0.29, 0.717) is 16.2 Å². The van der Waals surface area contributed by atoms with Crippen molar-refractivity contribution in [1.29, 1.82) is 0 Å². The summed E-state index contributed by atoms with van der Waals surface area (Å²) in [6.07, 6.45) is 0. The zero-order valence-electron chi connectivity index (χ0n) is 16.0. The fourth-order valence-electron chi connectivity index (χ4n) is 2.30. The summed E-state index contributed by atoms with van der Waals surface area (Å²) in [5.41, 5.74) is 0.587. The van der Waals surface area contributed by atoms with Gasteiger partial charge in [-0.3, -0.25) is 9.59 Å². The van der Waals surface area contributed by atoms with E-state index in [9.17, 15) is 18.8 Å². The van der Waals surface area contributed by atoms with Gasteiger partial charge in [-0.2, -0.15) is 0 Å². The first-order valence-electron chi connectivity index (χ1n) is 8.45. The Morgan fingerprint density at radius 2 is 1.82 bits per heavy atom. The largest absolute Gasteiger partial charge is 0.484 e. The lowest BCUT2D eigenvalue weighted by Gasteiger charge is -2.09. The Bertz CT molecular complexity index is 877. The van der Waals surface area contributed by atoms with Crippen LogP contribution in [0, 0.1) is 12.7 Å². The van der Waals surface area contributed by atoms with Gasteiger partial charge in [0.25, 0.3) is 11.8 Å². The van der Waals surface area contributed by atoms with Crippen LogP contribution >= 0.6 is 11.3 Å². The van der Waals surface area contributed by atoms with Crippen molar-refractivity contribution in [2.75, 3.05) is 32.6 Å². The summed E-state index contributed by atoms with van der Waals surface area (Å²) in [6, 6.07) is 5.23. The first-order chi connectivity index (χ1) is 13.2. The molecule has 0 saturated carbocycles. The molecule has 1 aromatic carbocycles. The minimum Gasteiger partial charge on any atom is -0.484 e. The third-order valence-electron chi connectivity index (χ3n) is 3.66. The number of carbonyl (C=O) groups is 3. The van der Waals surface area contributed by atoms with Crippen LogP contribution in [0.4, 0.5) is 9.39 Å². The van der Waals surface area contributed by atoms with Crippen molar-refractivity contribution < 1.29 is 28.2 Å². The number of benzene rings is 1. The van der Waals surface area contributed by atoms with Crippen molar-refractivity contribution >= 4 is 34.1 Å². The van der Waals surface area contributed by atoms with Gasteiger partial charge in [0.1, 0.15) is 16.6 Å². The molecule has 2 amide bonds. The zero-order valence-corrected chi connectivity index (χ0v) is 16.8. The number of hydrogen-bond donors (Lipinski definition) is 1. The number of nitrogens with zero attached hydrogens (tertiary/aromatic N) is 1. The summed E-state index contributed by atoms with van der Waals surface area (Å²) in [5.74, 6) is -1.52. The highest BCUT2D eigenvalue weighted by molar-refractivity contribution is 7.18. The van der Waals surface area contributed by atoms with Gasteiger partial charge in [-0.05, 0) is 43.7 Å². The van der Waals surface area contributed by atoms with Crippen LogP contribution in [0.3, 0.4) is 0 Å². The standard InChI is InChI=1S/C19H21FN2O5S/c1-5-26-19(25)15-11(2)16(18(24)22(3)4)28-17(15)21-14(23)10-27-13-8-6-12(20)7-9-13/h6-9H,5,10H2,1-4H3,(H,21,23).